The molecular formula is C14H23N3O2. The second-order valence-electron chi connectivity index (χ2n) is 5.75. The van der Waals surface area contributed by atoms with Crippen LogP contribution in [0.3, 0.4) is 0 Å². The second kappa shape index (κ2) is 5.59. The van der Waals surface area contributed by atoms with E-state index < -0.39 is 0 Å². The molecule has 1 saturated carbocycles. The maximum atomic E-state index is 5.57. The van der Waals surface area contributed by atoms with E-state index in [1.807, 2.05) is 0 Å². The third-order valence-corrected chi connectivity index (χ3v) is 4.55. The van der Waals surface area contributed by atoms with Crippen molar-refractivity contribution >= 4 is 0 Å². The SMILES string of the molecule is COC1(c2noc(CCC3CCCCN3)n2)CCC1. The standard InChI is InChI=1S/C14H23N3O2/c1-18-14(8-4-9-14)13-16-12(19-17-13)7-6-11-5-2-3-10-15-11/h11,15H,2-10H2,1H3. The highest BCUT2D eigenvalue weighted by Crippen LogP contribution is 2.42. The molecule has 1 saturated heterocycles. The number of methoxy groups -OCH3 is 1. The molecule has 1 N–H and O–H groups in total. The molecule has 1 aliphatic carbocycles. The van der Waals surface area contributed by atoms with Crippen LogP contribution >= 0.6 is 0 Å². The molecule has 2 aliphatic rings. The fourth-order valence-corrected chi connectivity index (χ4v) is 3.03. The van der Waals surface area contributed by atoms with Gasteiger partial charge >= 0.3 is 0 Å². The molecule has 0 aromatic carbocycles. The number of nitrogens with zero attached hydrogens (tertiary/aromatic N) is 2. The highest BCUT2D eigenvalue weighted by molar-refractivity contribution is 5.06. The van der Waals surface area contributed by atoms with Crippen LogP contribution in [-0.4, -0.2) is 29.8 Å². The summed E-state index contributed by atoms with van der Waals surface area (Å²) in [5.41, 5.74) is -0.259. The van der Waals surface area contributed by atoms with E-state index in [4.69, 9.17) is 9.26 Å². The first kappa shape index (κ1) is 13.1. The Bertz CT molecular complexity index is 403. The highest BCUT2D eigenvalue weighted by atomic mass is 16.5. The Labute approximate surface area is 114 Å². The molecule has 3 rings (SSSR count). The van der Waals surface area contributed by atoms with Crippen molar-refractivity contribution in [2.24, 2.45) is 0 Å². The molecule has 2 heterocycles. The minimum Gasteiger partial charge on any atom is -0.370 e. The Morgan fingerprint density at radius 1 is 1.37 bits per heavy atom. The zero-order valence-electron chi connectivity index (χ0n) is 11.7. The lowest BCUT2D eigenvalue weighted by atomic mass is 9.79. The van der Waals surface area contributed by atoms with E-state index in [0.717, 1.165) is 43.9 Å². The monoisotopic (exact) mass is 265 g/mol. The average molecular weight is 265 g/mol. The summed E-state index contributed by atoms with van der Waals surface area (Å²) in [6, 6.07) is 0.615. The largest absolute Gasteiger partial charge is 0.370 e. The molecule has 1 aromatic rings. The third kappa shape index (κ3) is 2.67. The molecule has 5 heteroatoms. The van der Waals surface area contributed by atoms with Gasteiger partial charge in [0.2, 0.25) is 11.7 Å². The number of nitrogens with one attached hydrogen (secondary N) is 1. The Morgan fingerprint density at radius 3 is 2.89 bits per heavy atom. The van der Waals surface area contributed by atoms with Crippen molar-refractivity contribution in [2.45, 2.75) is 63.0 Å². The van der Waals surface area contributed by atoms with Crippen LogP contribution < -0.4 is 5.32 Å². The Hall–Kier alpha value is -0.940. The zero-order chi connectivity index (χ0) is 13.1. The number of piperidine rings is 1. The minimum atomic E-state index is -0.259. The lowest BCUT2D eigenvalue weighted by Gasteiger charge is -2.37. The average Bonchev–Trinajstić information content (AvgIpc) is 2.86. The van der Waals surface area contributed by atoms with Gasteiger partial charge in [-0.3, -0.25) is 0 Å². The first-order valence-electron chi connectivity index (χ1n) is 7.44. The van der Waals surface area contributed by atoms with E-state index >= 15 is 0 Å². The third-order valence-electron chi connectivity index (χ3n) is 4.55. The van der Waals surface area contributed by atoms with E-state index in [2.05, 4.69) is 15.5 Å². The zero-order valence-corrected chi connectivity index (χ0v) is 11.7. The van der Waals surface area contributed by atoms with Crippen molar-refractivity contribution < 1.29 is 9.26 Å². The number of hydrogen-bond acceptors (Lipinski definition) is 5. The van der Waals surface area contributed by atoms with Crippen molar-refractivity contribution in [3.63, 3.8) is 0 Å². The normalized spacial score (nSPS) is 26.1. The predicted molar refractivity (Wildman–Crippen MR) is 70.8 cm³/mol. The second-order valence-corrected chi connectivity index (χ2v) is 5.75. The number of hydrogen-bond donors (Lipinski definition) is 1. The van der Waals surface area contributed by atoms with Gasteiger partial charge < -0.3 is 14.6 Å². The molecule has 1 aromatic heterocycles. The number of aromatic nitrogens is 2. The molecule has 0 spiro atoms. The topological polar surface area (TPSA) is 60.2 Å². The van der Waals surface area contributed by atoms with Gasteiger partial charge in [0.1, 0.15) is 5.60 Å². The van der Waals surface area contributed by atoms with E-state index in [-0.39, 0.29) is 5.60 Å². The lowest BCUT2D eigenvalue weighted by Crippen LogP contribution is -2.37. The molecule has 106 valence electrons. The summed E-state index contributed by atoms with van der Waals surface area (Å²) in [6.45, 7) is 1.15. The van der Waals surface area contributed by atoms with Crippen molar-refractivity contribution in [3.05, 3.63) is 11.7 Å². The minimum absolute atomic E-state index is 0.259. The molecule has 19 heavy (non-hydrogen) atoms. The van der Waals surface area contributed by atoms with Crippen LogP contribution in [0.2, 0.25) is 0 Å². The quantitative estimate of drug-likeness (QED) is 0.884. The fraction of sp³-hybridized carbons (Fsp3) is 0.857. The lowest BCUT2D eigenvalue weighted by molar-refractivity contribution is -0.0858. The van der Waals surface area contributed by atoms with Crippen LogP contribution in [0, 0.1) is 0 Å². The molecular weight excluding hydrogens is 242 g/mol. The first-order valence-corrected chi connectivity index (χ1v) is 7.44. The van der Waals surface area contributed by atoms with Crippen LogP contribution in [0.5, 0.6) is 0 Å². The molecule has 1 aliphatic heterocycles. The Balaban J connectivity index is 1.55. The fourth-order valence-electron chi connectivity index (χ4n) is 3.03. The summed E-state index contributed by atoms with van der Waals surface area (Å²) >= 11 is 0. The van der Waals surface area contributed by atoms with Gasteiger partial charge in [-0.05, 0) is 45.1 Å². The molecule has 2 fully saturated rings. The maximum absolute atomic E-state index is 5.57. The van der Waals surface area contributed by atoms with Gasteiger partial charge in [0, 0.05) is 19.6 Å². The number of rotatable bonds is 5. The van der Waals surface area contributed by atoms with E-state index in [1.54, 1.807) is 7.11 Å². The predicted octanol–water partition coefficient (Wildman–Crippen LogP) is 2.17. The van der Waals surface area contributed by atoms with Crippen LogP contribution in [0.25, 0.3) is 0 Å². The van der Waals surface area contributed by atoms with Gasteiger partial charge in [-0.2, -0.15) is 4.98 Å². The molecule has 5 nitrogen and oxygen atoms in total. The van der Waals surface area contributed by atoms with Gasteiger partial charge in [0.25, 0.3) is 0 Å². The summed E-state index contributed by atoms with van der Waals surface area (Å²) in [4.78, 5) is 4.53. The number of aryl methyl sites for hydroxylation is 1. The van der Waals surface area contributed by atoms with Gasteiger partial charge in [0.15, 0.2) is 0 Å². The molecule has 0 amide bonds. The summed E-state index contributed by atoms with van der Waals surface area (Å²) < 4.78 is 10.9. The van der Waals surface area contributed by atoms with Crippen molar-refractivity contribution in [1.82, 2.24) is 15.5 Å². The van der Waals surface area contributed by atoms with Crippen LogP contribution in [0.4, 0.5) is 0 Å². The Morgan fingerprint density at radius 2 is 2.26 bits per heavy atom. The summed E-state index contributed by atoms with van der Waals surface area (Å²) in [6.07, 6.45) is 9.05. The van der Waals surface area contributed by atoms with Gasteiger partial charge in [0.05, 0.1) is 0 Å². The molecule has 1 atom stereocenters. The maximum Gasteiger partial charge on any atom is 0.226 e. The highest BCUT2D eigenvalue weighted by Gasteiger charge is 2.43. The van der Waals surface area contributed by atoms with Crippen LogP contribution in [-0.2, 0) is 16.8 Å². The molecule has 0 radical (unpaired) electrons. The van der Waals surface area contributed by atoms with Crippen molar-refractivity contribution in [2.75, 3.05) is 13.7 Å². The first-order chi connectivity index (χ1) is 9.32. The van der Waals surface area contributed by atoms with E-state index in [0.29, 0.717) is 6.04 Å². The summed E-state index contributed by atoms with van der Waals surface area (Å²) in [7, 11) is 1.74. The summed E-state index contributed by atoms with van der Waals surface area (Å²) in [5, 5.41) is 7.66. The van der Waals surface area contributed by atoms with Gasteiger partial charge in [-0.25, -0.2) is 0 Å². The smallest absolute Gasteiger partial charge is 0.226 e. The van der Waals surface area contributed by atoms with Crippen LogP contribution in [0.15, 0.2) is 4.52 Å². The molecule has 1 unspecified atom stereocenters. The van der Waals surface area contributed by atoms with Gasteiger partial charge in [-0.1, -0.05) is 11.6 Å². The van der Waals surface area contributed by atoms with Crippen LogP contribution in [0.1, 0.15) is 56.7 Å². The van der Waals surface area contributed by atoms with Crippen molar-refractivity contribution in [1.29, 1.82) is 0 Å². The van der Waals surface area contributed by atoms with E-state index in [9.17, 15) is 0 Å². The van der Waals surface area contributed by atoms with Gasteiger partial charge in [-0.15, -0.1) is 0 Å². The van der Waals surface area contributed by atoms with E-state index in [1.165, 1.54) is 25.7 Å². The van der Waals surface area contributed by atoms with Crippen molar-refractivity contribution in [3.8, 4) is 0 Å². The summed E-state index contributed by atoms with van der Waals surface area (Å²) in [5.74, 6) is 1.50. The number of ether oxygens (including phenoxy) is 1. The molecule has 0 bridgehead atoms. The Kier molecular flexibility index (Phi) is 3.84.